The van der Waals surface area contributed by atoms with Gasteiger partial charge in [0.1, 0.15) is 5.75 Å². The van der Waals surface area contributed by atoms with Crippen LogP contribution in [0, 0.1) is 5.92 Å². The van der Waals surface area contributed by atoms with Gasteiger partial charge in [0, 0.05) is 35.6 Å². The SMILES string of the molecule is CCC(CC)CCn1ccn(CC(=O)c2cc(C(C)(C)C)c3c(c2)C(C)(C)C(=O)O3)c1=NC(=O)C(F)(F)F. The van der Waals surface area contributed by atoms with Crippen LogP contribution in [0.5, 0.6) is 5.75 Å². The number of esters is 1. The van der Waals surface area contributed by atoms with Crippen LogP contribution >= 0.6 is 0 Å². The molecule has 0 saturated heterocycles. The molecule has 1 aliphatic heterocycles. The number of halogens is 3. The van der Waals surface area contributed by atoms with Gasteiger partial charge in [0.05, 0.1) is 12.0 Å². The maximum absolute atomic E-state index is 13.5. The summed E-state index contributed by atoms with van der Waals surface area (Å²) in [6.45, 7) is 13.4. The van der Waals surface area contributed by atoms with Gasteiger partial charge in [-0.05, 0) is 43.7 Å². The monoisotopic (exact) mass is 535 g/mol. The van der Waals surface area contributed by atoms with Crippen LogP contribution in [0.4, 0.5) is 13.2 Å². The highest BCUT2D eigenvalue weighted by molar-refractivity contribution is 5.99. The average Bonchev–Trinajstić information content (AvgIpc) is 3.29. The molecule has 7 nitrogen and oxygen atoms in total. The van der Waals surface area contributed by atoms with Gasteiger partial charge >= 0.3 is 18.1 Å². The first-order chi connectivity index (χ1) is 17.5. The molecular formula is C28H36F3N3O4. The molecule has 1 amide bonds. The number of hydrogen-bond acceptors (Lipinski definition) is 4. The molecule has 1 aromatic carbocycles. The Morgan fingerprint density at radius 1 is 1.05 bits per heavy atom. The van der Waals surface area contributed by atoms with Gasteiger partial charge in [-0.2, -0.15) is 18.2 Å². The van der Waals surface area contributed by atoms with Crippen molar-refractivity contribution in [2.75, 3.05) is 0 Å². The standard InChI is InChI=1S/C28H36F3N3O4/c1-8-17(9-2)10-11-33-12-13-34(25(33)32-23(36)28(29,30)31)16-21(35)18-14-19(26(3,4)5)22-20(15-18)27(6,7)24(37)38-22/h12-15,17H,8-11,16H2,1-7H3. The zero-order valence-corrected chi connectivity index (χ0v) is 23.0. The molecule has 10 heteroatoms. The minimum Gasteiger partial charge on any atom is -0.425 e. The van der Waals surface area contributed by atoms with E-state index in [1.807, 2.05) is 34.6 Å². The number of hydrogen-bond donors (Lipinski definition) is 0. The van der Waals surface area contributed by atoms with Crippen LogP contribution < -0.4 is 10.4 Å². The Kier molecular flexibility index (Phi) is 8.15. The van der Waals surface area contributed by atoms with E-state index < -0.39 is 34.7 Å². The third-order valence-corrected chi connectivity index (χ3v) is 7.23. The second-order valence-electron chi connectivity index (χ2n) is 11.4. The molecule has 208 valence electrons. The number of carbonyl (C=O) groups is 3. The highest BCUT2D eigenvalue weighted by Gasteiger charge is 2.44. The number of nitrogens with zero attached hydrogens (tertiary/aromatic N) is 3. The number of imidazole rings is 1. The van der Waals surface area contributed by atoms with Crippen LogP contribution in [-0.4, -0.2) is 33.0 Å². The highest BCUT2D eigenvalue weighted by atomic mass is 19.4. The first-order valence-corrected chi connectivity index (χ1v) is 12.9. The zero-order valence-electron chi connectivity index (χ0n) is 23.0. The van der Waals surface area contributed by atoms with Crippen molar-refractivity contribution in [3.63, 3.8) is 0 Å². The quantitative estimate of drug-likeness (QED) is 0.255. The lowest BCUT2D eigenvalue weighted by atomic mass is 9.79. The van der Waals surface area contributed by atoms with Crippen molar-refractivity contribution in [1.82, 2.24) is 9.13 Å². The maximum atomic E-state index is 13.5. The highest BCUT2D eigenvalue weighted by Crippen LogP contribution is 2.46. The van der Waals surface area contributed by atoms with E-state index >= 15 is 0 Å². The zero-order chi connectivity index (χ0) is 28.6. The van der Waals surface area contributed by atoms with Crippen molar-refractivity contribution >= 4 is 17.7 Å². The van der Waals surface area contributed by atoms with Crippen LogP contribution in [0.25, 0.3) is 0 Å². The van der Waals surface area contributed by atoms with Crippen molar-refractivity contribution in [2.24, 2.45) is 10.9 Å². The summed E-state index contributed by atoms with van der Waals surface area (Å²) < 4.78 is 47.5. The van der Waals surface area contributed by atoms with Gasteiger partial charge in [-0.15, -0.1) is 0 Å². The third-order valence-electron chi connectivity index (χ3n) is 7.23. The lowest BCUT2D eigenvalue weighted by Crippen LogP contribution is -2.33. The number of rotatable bonds is 8. The summed E-state index contributed by atoms with van der Waals surface area (Å²) in [5.41, 5.74) is -0.0817. The van der Waals surface area contributed by atoms with E-state index in [0.29, 0.717) is 41.3 Å². The van der Waals surface area contributed by atoms with Crippen LogP contribution in [0.3, 0.4) is 0 Å². The Morgan fingerprint density at radius 3 is 2.21 bits per heavy atom. The van der Waals surface area contributed by atoms with Crippen molar-refractivity contribution in [3.8, 4) is 5.75 Å². The molecule has 0 N–H and O–H groups in total. The minimum atomic E-state index is -5.13. The molecule has 0 aliphatic carbocycles. The molecule has 2 heterocycles. The number of alkyl halides is 3. The Morgan fingerprint density at radius 2 is 1.66 bits per heavy atom. The Bertz CT molecular complexity index is 1310. The van der Waals surface area contributed by atoms with E-state index in [2.05, 4.69) is 4.99 Å². The number of ether oxygens (including phenoxy) is 1. The van der Waals surface area contributed by atoms with Crippen LogP contribution in [0.15, 0.2) is 29.5 Å². The van der Waals surface area contributed by atoms with Gasteiger partial charge < -0.3 is 13.9 Å². The molecule has 0 fully saturated rings. The Hall–Kier alpha value is -3.17. The van der Waals surface area contributed by atoms with Crippen LogP contribution in [-0.2, 0) is 33.5 Å². The average molecular weight is 536 g/mol. The Balaban J connectivity index is 2.05. The molecular weight excluding hydrogens is 499 g/mol. The normalized spacial score (nSPS) is 15.7. The molecule has 1 aromatic heterocycles. The summed E-state index contributed by atoms with van der Waals surface area (Å²) in [5, 5.41) is 0. The molecule has 0 bridgehead atoms. The molecule has 0 unspecified atom stereocenters. The fraction of sp³-hybridized carbons (Fsp3) is 0.571. The molecule has 0 radical (unpaired) electrons. The first-order valence-electron chi connectivity index (χ1n) is 12.9. The summed E-state index contributed by atoms with van der Waals surface area (Å²) in [5.74, 6) is -2.23. The lowest BCUT2D eigenvalue weighted by Gasteiger charge is -2.23. The van der Waals surface area contributed by atoms with E-state index in [4.69, 9.17) is 4.74 Å². The molecule has 0 spiro atoms. The summed E-state index contributed by atoms with van der Waals surface area (Å²) in [7, 11) is 0. The minimum absolute atomic E-state index is 0.234. The number of amides is 1. The topological polar surface area (TPSA) is 82.7 Å². The number of carbonyl (C=O) groups excluding carboxylic acids is 3. The molecule has 2 aromatic rings. The van der Waals surface area contributed by atoms with Gasteiger partial charge in [-0.3, -0.25) is 14.4 Å². The Labute approximate surface area is 220 Å². The van der Waals surface area contributed by atoms with Gasteiger partial charge in [0.25, 0.3) is 0 Å². The smallest absolute Gasteiger partial charge is 0.425 e. The van der Waals surface area contributed by atoms with E-state index in [1.54, 1.807) is 26.0 Å². The maximum Gasteiger partial charge on any atom is 0.473 e. The largest absolute Gasteiger partial charge is 0.473 e. The summed E-state index contributed by atoms with van der Waals surface area (Å²) in [6.07, 6.45) is 0.397. The van der Waals surface area contributed by atoms with E-state index in [1.165, 1.54) is 21.5 Å². The predicted octanol–water partition coefficient (Wildman–Crippen LogP) is 5.48. The molecule has 0 atom stereocenters. The van der Waals surface area contributed by atoms with Gasteiger partial charge in [0.15, 0.2) is 5.78 Å². The fourth-order valence-corrected chi connectivity index (χ4v) is 4.56. The molecule has 0 saturated carbocycles. The third kappa shape index (κ3) is 5.94. The van der Waals surface area contributed by atoms with Crippen molar-refractivity contribution < 1.29 is 32.3 Å². The van der Waals surface area contributed by atoms with Gasteiger partial charge in [-0.1, -0.05) is 47.5 Å². The summed E-state index contributed by atoms with van der Waals surface area (Å²) in [6, 6.07) is 3.28. The second-order valence-corrected chi connectivity index (χ2v) is 11.4. The summed E-state index contributed by atoms with van der Waals surface area (Å²) >= 11 is 0. The number of fused-ring (bicyclic) bond motifs is 1. The molecule has 38 heavy (non-hydrogen) atoms. The van der Waals surface area contributed by atoms with Crippen molar-refractivity contribution in [1.29, 1.82) is 0 Å². The van der Waals surface area contributed by atoms with Crippen LogP contribution in [0.1, 0.15) is 89.2 Å². The van der Waals surface area contributed by atoms with Crippen LogP contribution in [0.2, 0.25) is 0 Å². The van der Waals surface area contributed by atoms with Crippen molar-refractivity contribution in [2.45, 2.75) is 97.8 Å². The van der Waals surface area contributed by atoms with E-state index in [-0.39, 0.29) is 12.2 Å². The number of aryl methyl sites for hydroxylation is 1. The number of ketones is 1. The van der Waals surface area contributed by atoms with E-state index in [9.17, 15) is 27.6 Å². The summed E-state index contributed by atoms with van der Waals surface area (Å²) in [4.78, 5) is 41.2. The number of benzene rings is 1. The molecule has 3 rings (SSSR count). The number of Topliss-reactive ketones (excluding diaryl/α,β-unsaturated/α-hetero) is 1. The second kappa shape index (κ2) is 10.5. The van der Waals surface area contributed by atoms with Crippen molar-refractivity contribution in [3.05, 3.63) is 46.8 Å². The van der Waals surface area contributed by atoms with E-state index in [0.717, 1.165) is 12.8 Å². The number of aromatic nitrogens is 2. The van der Waals surface area contributed by atoms with Gasteiger partial charge in [-0.25, -0.2) is 0 Å². The first kappa shape index (κ1) is 29.4. The fourth-order valence-electron chi connectivity index (χ4n) is 4.56. The predicted molar refractivity (Wildman–Crippen MR) is 136 cm³/mol. The lowest BCUT2D eigenvalue weighted by molar-refractivity contribution is -0.169. The molecule has 1 aliphatic rings. The van der Waals surface area contributed by atoms with Gasteiger partial charge in [0.2, 0.25) is 5.62 Å².